The first-order chi connectivity index (χ1) is 9.11. The van der Waals surface area contributed by atoms with Crippen molar-refractivity contribution in [3.63, 3.8) is 0 Å². The maximum Gasteiger partial charge on any atom is 0.155 e. The molecule has 19 heavy (non-hydrogen) atoms. The molecule has 0 aromatic carbocycles. The van der Waals surface area contributed by atoms with E-state index >= 15 is 0 Å². The largest absolute Gasteiger partial charge is 0.392 e. The van der Waals surface area contributed by atoms with E-state index in [0.29, 0.717) is 12.8 Å². The molecule has 0 spiro atoms. The van der Waals surface area contributed by atoms with Gasteiger partial charge in [-0.3, -0.25) is 0 Å². The van der Waals surface area contributed by atoms with Crippen LogP contribution in [0.15, 0.2) is 12.2 Å². The Labute approximate surface area is 115 Å². The third-order valence-electron chi connectivity index (χ3n) is 4.35. The molecule has 1 heterocycles. The highest BCUT2D eigenvalue weighted by molar-refractivity contribution is 5.06. The molecule has 1 saturated carbocycles. The first kappa shape index (κ1) is 15.0. The van der Waals surface area contributed by atoms with Gasteiger partial charge in [-0.05, 0) is 12.3 Å². The molecule has 1 saturated heterocycles. The molecule has 2 fully saturated rings. The van der Waals surface area contributed by atoms with E-state index < -0.39 is 18.5 Å². The van der Waals surface area contributed by atoms with Crippen molar-refractivity contribution < 1.29 is 20.1 Å². The molecule has 4 heteroatoms. The molecule has 110 valence electrons. The van der Waals surface area contributed by atoms with Gasteiger partial charge >= 0.3 is 0 Å². The van der Waals surface area contributed by atoms with Crippen LogP contribution < -0.4 is 0 Å². The van der Waals surface area contributed by atoms with Gasteiger partial charge < -0.3 is 20.1 Å². The van der Waals surface area contributed by atoms with E-state index in [-0.39, 0.29) is 17.9 Å². The summed E-state index contributed by atoms with van der Waals surface area (Å²) in [4.78, 5) is 0. The van der Waals surface area contributed by atoms with E-state index in [1.54, 1.807) is 6.08 Å². The minimum absolute atomic E-state index is 0.00275. The molecule has 0 aromatic rings. The molecule has 3 N–H and O–H groups in total. The number of rotatable bonds is 6. The van der Waals surface area contributed by atoms with Crippen LogP contribution in [0, 0.1) is 11.8 Å². The minimum Gasteiger partial charge on any atom is -0.392 e. The summed E-state index contributed by atoms with van der Waals surface area (Å²) in [6, 6.07) is 0. The summed E-state index contributed by atoms with van der Waals surface area (Å²) in [5, 5.41) is 29.4. The van der Waals surface area contributed by atoms with Gasteiger partial charge in [0.05, 0.1) is 18.3 Å². The lowest BCUT2D eigenvalue weighted by Gasteiger charge is -2.16. The van der Waals surface area contributed by atoms with Gasteiger partial charge in [0.2, 0.25) is 0 Å². The lowest BCUT2D eigenvalue weighted by Crippen LogP contribution is -2.19. The number of ether oxygens (including phenoxy) is 1. The van der Waals surface area contributed by atoms with Crippen LogP contribution >= 0.6 is 0 Å². The molecule has 0 bridgehead atoms. The van der Waals surface area contributed by atoms with Gasteiger partial charge in [0.15, 0.2) is 6.29 Å². The Morgan fingerprint density at radius 1 is 1.26 bits per heavy atom. The Balaban J connectivity index is 1.83. The van der Waals surface area contributed by atoms with Crippen molar-refractivity contribution in [3.8, 4) is 0 Å². The first-order valence-corrected chi connectivity index (χ1v) is 7.49. The van der Waals surface area contributed by atoms with Crippen molar-refractivity contribution >= 4 is 0 Å². The van der Waals surface area contributed by atoms with E-state index in [2.05, 4.69) is 6.92 Å². The van der Waals surface area contributed by atoms with Gasteiger partial charge in [0.25, 0.3) is 0 Å². The molecule has 6 atom stereocenters. The SMILES string of the molecule is CCCCC[C@H](O)/C=C/[C@@H]1[C@H]2C[C@@H](O)O[C@H]2C[C@H]1O. The third kappa shape index (κ3) is 3.78. The van der Waals surface area contributed by atoms with E-state index in [0.717, 1.165) is 25.7 Å². The van der Waals surface area contributed by atoms with Gasteiger partial charge in [-0.2, -0.15) is 0 Å². The molecule has 0 radical (unpaired) electrons. The number of unbranched alkanes of at least 4 members (excludes halogenated alkanes) is 2. The van der Waals surface area contributed by atoms with Crippen molar-refractivity contribution in [1.82, 2.24) is 0 Å². The van der Waals surface area contributed by atoms with E-state index in [1.807, 2.05) is 6.08 Å². The quantitative estimate of drug-likeness (QED) is 0.506. The van der Waals surface area contributed by atoms with Crippen molar-refractivity contribution in [2.75, 3.05) is 0 Å². The number of aliphatic hydroxyl groups is 3. The molecule has 2 aliphatic rings. The third-order valence-corrected chi connectivity index (χ3v) is 4.35. The highest BCUT2D eigenvalue weighted by Crippen LogP contribution is 2.43. The molecule has 0 aromatic heterocycles. The van der Waals surface area contributed by atoms with Crippen molar-refractivity contribution in [2.24, 2.45) is 11.8 Å². The predicted octanol–water partition coefficient (Wildman–Crippen LogP) is 1.59. The summed E-state index contributed by atoms with van der Waals surface area (Å²) in [7, 11) is 0. The Kier molecular flexibility index (Phi) is 5.39. The van der Waals surface area contributed by atoms with E-state index in [9.17, 15) is 15.3 Å². The topological polar surface area (TPSA) is 69.9 Å². The molecular formula is C15H26O4. The molecule has 1 aliphatic carbocycles. The van der Waals surface area contributed by atoms with Crippen LogP contribution in [0.5, 0.6) is 0 Å². The van der Waals surface area contributed by atoms with Crippen LogP contribution in [0.2, 0.25) is 0 Å². The highest BCUT2D eigenvalue weighted by Gasteiger charge is 2.47. The van der Waals surface area contributed by atoms with Gasteiger partial charge in [-0.15, -0.1) is 0 Å². The average Bonchev–Trinajstić information content (AvgIpc) is 2.82. The van der Waals surface area contributed by atoms with Gasteiger partial charge in [-0.1, -0.05) is 38.3 Å². The summed E-state index contributed by atoms with van der Waals surface area (Å²) in [6.45, 7) is 2.14. The monoisotopic (exact) mass is 270 g/mol. The summed E-state index contributed by atoms with van der Waals surface area (Å²) in [5.41, 5.74) is 0. The van der Waals surface area contributed by atoms with Gasteiger partial charge in [0, 0.05) is 18.8 Å². The number of hydrogen-bond acceptors (Lipinski definition) is 4. The molecular weight excluding hydrogens is 244 g/mol. The fraction of sp³-hybridized carbons (Fsp3) is 0.867. The minimum atomic E-state index is -0.687. The molecule has 2 rings (SSSR count). The second-order valence-electron chi connectivity index (χ2n) is 5.86. The Morgan fingerprint density at radius 2 is 2.05 bits per heavy atom. The summed E-state index contributed by atoms with van der Waals surface area (Å²) in [5.74, 6) is 0.187. The Bertz CT molecular complexity index is 305. The summed E-state index contributed by atoms with van der Waals surface area (Å²) >= 11 is 0. The highest BCUT2D eigenvalue weighted by atomic mass is 16.6. The number of hydrogen-bond donors (Lipinski definition) is 3. The lowest BCUT2D eigenvalue weighted by molar-refractivity contribution is -0.0949. The fourth-order valence-corrected chi connectivity index (χ4v) is 3.29. The van der Waals surface area contributed by atoms with E-state index in [4.69, 9.17) is 4.74 Å². The van der Waals surface area contributed by atoms with Gasteiger partial charge in [0.1, 0.15) is 0 Å². The van der Waals surface area contributed by atoms with Crippen LogP contribution in [0.1, 0.15) is 45.4 Å². The van der Waals surface area contributed by atoms with Crippen molar-refractivity contribution in [1.29, 1.82) is 0 Å². The van der Waals surface area contributed by atoms with E-state index in [1.165, 1.54) is 0 Å². The molecule has 0 amide bonds. The normalized spacial score (nSPS) is 39.9. The van der Waals surface area contributed by atoms with Crippen LogP contribution in [0.25, 0.3) is 0 Å². The second kappa shape index (κ2) is 6.84. The zero-order valence-corrected chi connectivity index (χ0v) is 11.6. The van der Waals surface area contributed by atoms with Crippen molar-refractivity contribution in [3.05, 3.63) is 12.2 Å². The molecule has 4 nitrogen and oxygen atoms in total. The number of aliphatic hydroxyl groups excluding tert-OH is 3. The Hall–Kier alpha value is -0.420. The lowest BCUT2D eigenvalue weighted by atomic mass is 9.91. The fourth-order valence-electron chi connectivity index (χ4n) is 3.29. The van der Waals surface area contributed by atoms with Gasteiger partial charge in [-0.25, -0.2) is 0 Å². The second-order valence-corrected chi connectivity index (χ2v) is 5.86. The number of fused-ring (bicyclic) bond motifs is 1. The van der Waals surface area contributed by atoms with Crippen molar-refractivity contribution in [2.45, 2.75) is 70.1 Å². The standard InChI is InChI=1S/C15H26O4/c1-2-3-4-5-10(16)6-7-11-12-8-15(18)19-14(12)9-13(11)17/h6-7,10-18H,2-5,8-9H2,1H3/b7-6+/t10-,11+,12+,13+,14-,15-/m0/s1. The average molecular weight is 270 g/mol. The maximum absolute atomic E-state index is 10.0. The van der Waals surface area contributed by atoms with Crippen LogP contribution in [-0.2, 0) is 4.74 Å². The molecule has 0 unspecified atom stereocenters. The smallest absolute Gasteiger partial charge is 0.155 e. The zero-order valence-electron chi connectivity index (χ0n) is 11.6. The molecule has 1 aliphatic heterocycles. The van der Waals surface area contributed by atoms with Crippen LogP contribution in [0.3, 0.4) is 0 Å². The van der Waals surface area contributed by atoms with Crippen LogP contribution in [-0.4, -0.2) is 39.9 Å². The zero-order chi connectivity index (χ0) is 13.8. The summed E-state index contributed by atoms with van der Waals surface area (Å²) < 4.78 is 5.37. The predicted molar refractivity (Wildman–Crippen MR) is 72.4 cm³/mol. The maximum atomic E-state index is 10.0. The summed E-state index contributed by atoms with van der Waals surface area (Å²) in [6.07, 6.45) is 7.44. The first-order valence-electron chi connectivity index (χ1n) is 7.49. The Morgan fingerprint density at radius 3 is 2.79 bits per heavy atom. The van der Waals surface area contributed by atoms with Crippen LogP contribution in [0.4, 0.5) is 0 Å².